The molecule has 98 valence electrons. The summed E-state index contributed by atoms with van der Waals surface area (Å²) in [5.41, 5.74) is 0. The fourth-order valence-corrected chi connectivity index (χ4v) is 2.14. The normalized spacial score (nSPS) is 23.1. The number of hydrogen-bond donors (Lipinski definition) is 1. The Balaban J connectivity index is 2.43. The molecule has 0 amide bonds. The van der Waals surface area contributed by atoms with Crippen molar-refractivity contribution in [3.8, 4) is 0 Å². The molecule has 0 aromatic rings. The topological polar surface area (TPSA) is 66.8 Å². The number of rotatable bonds is 5. The molecule has 1 aliphatic heterocycles. The summed E-state index contributed by atoms with van der Waals surface area (Å²) in [5.74, 6) is -1.43. The number of ether oxygens (including phenoxy) is 1. The Bertz CT molecular complexity index is 280. The molecule has 0 aromatic heterocycles. The zero-order valence-electron chi connectivity index (χ0n) is 10.5. The SMILES string of the molecule is CCOC(=O)C1CCCN(CC(C)C(=O)O)C1. The van der Waals surface area contributed by atoms with Gasteiger partial charge in [0, 0.05) is 13.1 Å². The van der Waals surface area contributed by atoms with Gasteiger partial charge in [-0.3, -0.25) is 9.59 Å². The van der Waals surface area contributed by atoms with Crippen molar-refractivity contribution in [2.75, 3.05) is 26.2 Å². The minimum atomic E-state index is -0.789. The fraction of sp³-hybridized carbons (Fsp3) is 0.833. The Morgan fingerprint density at radius 3 is 2.82 bits per heavy atom. The third-order valence-electron chi connectivity index (χ3n) is 3.08. The number of nitrogens with zero attached hydrogens (tertiary/aromatic N) is 1. The quantitative estimate of drug-likeness (QED) is 0.729. The molecule has 0 radical (unpaired) electrons. The molecule has 1 rings (SSSR count). The largest absolute Gasteiger partial charge is 0.481 e. The summed E-state index contributed by atoms with van der Waals surface area (Å²) in [6, 6.07) is 0. The van der Waals surface area contributed by atoms with E-state index in [0.717, 1.165) is 19.4 Å². The number of carboxylic acids is 1. The zero-order chi connectivity index (χ0) is 12.8. The van der Waals surface area contributed by atoms with Gasteiger partial charge >= 0.3 is 11.9 Å². The van der Waals surface area contributed by atoms with E-state index < -0.39 is 11.9 Å². The van der Waals surface area contributed by atoms with Gasteiger partial charge in [0.25, 0.3) is 0 Å². The van der Waals surface area contributed by atoms with Gasteiger partial charge in [-0.25, -0.2) is 0 Å². The molecular weight excluding hydrogens is 222 g/mol. The van der Waals surface area contributed by atoms with Crippen LogP contribution < -0.4 is 0 Å². The highest BCUT2D eigenvalue weighted by molar-refractivity contribution is 5.73. The predicted molar refractivity (Wildman–Crippen MR) is 62.6 cm³/mol. The highest BCUT2D eigenvalue weighted by Crippen LogP contribution is 2.18. The van der Waals surface area contributed by atoms with Gasteiger partial charge in [-0.2, -0.15) is 0 Å². The number of aliphatic carboxylic acids is 1. The highest BCUT2D eigenvalue weighted by atomic mass is 16.5. The number of hydrogen-bond acceptors (Lipinski definition) is 4. The number of piperidine rings is 1. The molecule has 5 heteroatoms. The van der Waals surface area contributed by atoms with E-state index in [2.05, 4.69) is 0 Å². The first-order valence-corrected chi connectivity index (χ1v) is 6.16. The van der Waals surface area contributed by atoms with Crippen LogP contribution in [0.1, 0.15) is 26.7 Å². The summed E-state index contributed by atoms with van der Waals surface area (Å²) in [7, 11) is 0. The molecule has 2 atom stereocenters. The maximum atomic E-state index is 11.6. The predicted octanol–water partition coefficient (Wildman–Crippen LogP) is 0.982. The lowest BCUT2D eigenvalue weighted by atomic mass is 9.97. The minimum absolute atomic E-state index is 0.0929. The third-order valence-corrected chi connectivity index (χ3v) is 3.08. The van der Waals surface area contributed by atoms with Crippen LogP contribution in [-0.2, 0) is 14.3 Å². The molecule has 17 heavy (non-hydrogen) atoms. The molecule has 0 aromatic carbocycles. The van der Waals surface area contributed by atoms with E-state index in [4.69, 9.17) is 9.84 Å². The van der Waals surface area contributed by atoms with Gasteiger partial charge in [0.15, 0.2) is 0 Å². The average molecular weight is 243 g/mol. The maximum absolute atomic E-state index is 11.6. The van der Waals surface area contributed by atoms with Crippen molar-refractivity contribution >= 4 is 11.9 Å². The van der Waals surface area contributed by atoms with Gasteiger partial charge in [-0.05, 0) is 26.3 Å². The monoisotopic (exact) mass is 243 g/mol. The van der Waals surface area contributed by atoms with Gasteiger partial charge in [0.1, 0.15) is 0 Å². The molecule has 0 saturated carbocycles. The second kappa shape index (κ2) is 6.59. The van der Waals surface area contributed by atoms with Gasteiger partial charge < -0.3 is 14.7 Å². The molecule has 1 N–H and O–H groups in total. The second-order valence-electron chi connectivity index (χ2n) is 4.59. The molecule has 1 aliphatic rings. The van der Waals surface area contributed by atoms with Crippen LogP contribution >= 0.6 is 0 Å². The van der Waals surface area contributed by atoms with Crippen LogP contribution in [-0.4, -0.2) is 48.2 Å². The third kappa shape index (κ3) is 4.34. The maximum Gasteiger partial charge on any atom is 0.310 e. The Morgan fingerprint density at radius 1 is 1.53 bits per heavy atom. The van der Waals surface area contributed by atoms with Crippen LogP contribution in [0.3, 0.4) is 0 Å². The van der Waals surface area contributed by atoms with Crippen LogP contribution in [0.25, 0.3) is 0 Å². The first-order valence-electron chi connectivity index (χ1n) is 6.16. The van der Waals surface area contributed by atoms with Crippen molar-refractivity contribution in [3.05, 3.63) is 0 Å². The molecule has 1 fully saturated rings. The number of carboxylic acid groups (broad SMARTS) is 1. The smallest absolute Gasteiger partial charge is 0.310 e. The Kier molecular flexibility index (Phi) is 5.41. The van der Waals surface area contributed by atoms with Crippen molar-refractivity contribution < 1.29 is 19.4 Å². The molecule has 0 aliphatic carbocycles. The van der Waals surface area contributed by atoms with Crippen molar-refractivity contribution in [3.63, 3.8) is 0 Å². The van der Waals surface area contributed by atoms with Gasteiger partial charge in [-0.1, -0.05) is 6.92 Å². The lowest BCUT2D eigenvalue weighted by Gasteiger charge is -2.32. The summed E-state index contributed by atoms with van der Waals surface area (Å²) in [5, 5.41) is 8.85. The van der Waals surface area contributed by atoms with E-state index in [1.54, 1.807) is 13.8 Å². The number of esters is 1. The highest BCUT2D eigenvalue weighted by Gasteiger charge is 2.28. The average Bonchev–Trinajstić information content (AvgIpc) is 2.29. The van der Waals surface area contributed by atoms with Crippen LogP contribution in [0.4, 0.5) is 0 Å². The van der Waals surface area contributed by atoms with E-state index >= 15 is 0 Å². The fourth-order valence-electron chi connectivity index (χ4n) is 2.14. The van der Waals surface area contributed by atoms with Crippen LogP contribution in [0.15, 0.2) is 0 Å². The lowest BCUT2D eigenvalue weighted by Crippen LogP contribution is -2.42. The molecule has 5 nitrogen and oxygen atoms in total. The van der Waals surface area contributed by atoms with Gasteiger partial charge in [-0.15, -0.1) is 0 Å². The summed E-state index contributed by atoms with van der Waals surface area (Å²) in [6.45, 7) is 5.89. The van der Waals surface area contributed by atoms with E-state index in [-0.39, 0.29) is 11.9 Å². The molecule has 2 unspecified atom stereocenters. The van der Waals surface area contributed by atoms with Crippen molar-refractivity contribution in [1.82, 2.24) is 4.90 Å². The first-order chi connectivity index (χ1) is 8.04. The Morgan fingerprint density at radius 2 is 2.24 bits per heavy atom. The summed E-state index contributed by atoms with van der Waals surface area (Å²) >= 11 is 0. The van der Waals surface area contributed by atoms with E-state index in [0.29, 0.717) is 19.7 Å². The van der Waals surface area contributed by atoms with Crippen LogP contribution in [0, 0.1) is 11.8 Å². The van der Waals surface area contributed by atoms with Gasteiger partial charge in [0.05, 0.1) is 18.4 Å². The molecular formula is C12H21NO4. The Labute approximate surface area is 102 Å². The second-order valence-corrected chi connectivity index (χ2v) is 4.59. The molecule has 0 spiro atoms. The van der Waals surface area contributed by atoms with Crippen molar-refractivity contribution in [2.24, 2.45) is 11.8 Å². The summed E-state index contributed by atoms with van der Waals surface area (Å²) < 4.78 is 5.00. The number of carbonyl (C=O) groups is 2. The van der Waals surface area contributed by atoms with E-state index in [9.17, 15) is 9.59 Å². The van der Waals surface area contributed by atoms with Crippen LogP contribution in [0.5, 0.6) is 0 Å². The number of carbonyl (C=O) groups excluding carboxylic acids is 1. The van der Waals surface area contributed by atoms with Gasteiger partial charge in [0.2, 0.25) is 0 Å². The van der Waals surface area contributed by atoms with E-state index in [1.807, 2.05) is 4.90 Å². The van der Waals surface area contributed by atoms with Crippen molar-refractivity contribution in [1.29, 1.82) is 0 Å². The zero-order valence-corrected chi connectivity index (χ0v) is 10.5. The van der Waals surface area contributed by atoms with Crippen molar-refractivity contribution in [2.45, 2.75) is 26.7 Å². The summed E-state index contributed by atoms with van der Waals surface area (Å²) in [6.07, 6.45) is 1.77. The first kappa shape index (κ1) is 14.0. The molecule has 1 saturated heterocycles. The Hall–Kier alpha value is -1.10. The number of likely N-dealkylation sites (tertiary alicyclic amines) is 1. The molecule has 1 heterocycles. The lowest BCUT2D eigenvalue weighted by molar-refractivity contribution is -0.150. The van der Waals surface area contributed by atoms with Crippen LogP contribution in [0.2, 0.25) is 0 Å². The van der Waals surface area contributed by atoms with E-state index in [1.165, 1.54) is 0 Å². The molecule has 0 bridgehead atoms. The standard InChI is InChI=1S/C12H21NO4/c1-3-17-12(16)10-5-4-6-13(8-10)7-9(2)11(14)15/h9-10H,3-8H2,1-2H3,(H,14,15). The summed E-state index contributed by atoms with van der Waals surface area (Å²) in [4.78, 5) is 24.4. The minimum Gasteiger partial charge on any atom is -0.481 e.